The van der Waals surface area contributed by atoms with Crippen LogP contribution in [0.1, 0.15) is 15.9 Å². The molecule has 0 aromatic heterocycles. The van der Waals surface area contributed by atoms with Crippen LogP contribution in [0.15, 0.2) is 66.7 Å². The predicted molar refractivity (Wildman–Crippen MR) is 123 cm³/mol. The fraction of sp³-hybridized carbons (Fsp3) is 0.0909. The molecule has 0 radical (unpaired) electrons. The maximum atomic E-state index is 12.3. The Labute approximate surface area is 189 Å². The fourth-order valence-corrected chi connectivity index (χ4v) is 3.24. The van der Waals surface area contributed by atoms with Crippen LogP contribution in [0, 0.1) is 0 Å². The first kappa shape index (κ1) is 22.0. The number of benzene rings is 3. The highest BCUT2D eigenvalue weighted by Gasteiger charge is 2.09. The third-order valence-corrected chi connectivity index (χ3v) is 5.21. The van der Waals surface area contributed by atoms with Crippen molar-refractivity contribution in [2.24, 2.45) is 0 Å². The molecule has 0 saturated heterocycles. The molecule has 30 heavy (non-hydrogen) atoms. The molecule has 3 N–H and O–H groups in total. The molecule has 0 spiro atoms. The van der Waals surface area contributed by atoms with Crippen molar-refractivity contribution in [2.75, 3.05) is 17.2 Å². The van der Waals surface area contributed by atoms with Crippen molar-refractivity contribution >= 4 is 58.0 Å². The van der Waals surface area contributed by atoms with E-state index in [0.29, 0.717) is 38.6 Å². The Bertz CT molecular complexity index is 1040. The number of carbonyl (C=O) groups is 2. The molecular weight excluding hydrogens is 445 g/mol. The molecule has 0 aliphatic rings. The molecule has 2 amide bonds. The van der Waals surface area contributed by atoms with Crippen LogP contribution in [0.4, 0.5) is 11.4 Å². The molecule has 5 nitrogen and oxygen atoms in total. The third kappa shape index (κ3) is 6.13. The standard InChI is InChI=1S/C22H18Cl3N3O2/c23-17-10-19(25)20(11-18(17)24)26-13-21(29)28-16-8-6-15(7-9-16)22(30)27-12-14-4-2-1-3-5-14/h1-11,26H,12-13H2,(H,27,30)(H,28,29). The van der Waals surface area contributed by atoms with Crippen molar-refractivity contribution in [3.63, 3.8) is 0 Å². The first-order valence-corrected chi connectivity index (χ1v) is 10.2. The van der Waals surface area contributed by atoms with Gasteiger partial charge >= 0.3 is 0 Å². The van der Waals surface area contributed by atoms with Gasteiger partial charge in [-0.3, -0.25) is 9.59 Å². The van der Waals surface area contributed by atoms with Crippen LogP contribution >= 0.6 is 34.8 Å². The predicted octanol–water partition coefficient (Wildman–Crippen LogP) is 5.63. The summed E-state index contributed by atoms with van der Waals surface area (Å²) in [6, 6.07) is 19.4. The number of halogens is 3. The second-order valence-corrected chi connectivity index (χ2v) is 7.62. The van der Waals surface area contributed by atoms with Gasteiger partial charge < -0.3 is 16.0 Å². The summed E-state index contributed by atoms with van der Waals surface area (Å²) in [5.74, 6) is -0.467. The van der Waals surface area contributed by atoms with Gasteiger partial charge in [0.05, 0.1) is 27.3 Å². The molecule has 3 rings (SSSR count). The maximum absolute atomic E-state index is 12.3. The smallest absolute Gasteiger partial charge is 0.251 e. The summed E-state index contributed by atoms with van der Waals surface area (Å²) in [4.78, 5) is 24.4. The molecule has 8 heteroatoms. The fourth-order valence-electron chi connectivity index (χ4n) is 2.62. The monoisotopic (exact) mass is 461 g/mol. The molecule has 154 valence electrons. The summed E-state index contributed by atoms with van der Waals surface area (Å²) >= 11 is 17.9. The number of hydrogen-bond donors (Lipinski definition) is 3. The van der Waals surface area contributed by atoms with E-state index < -0.39 is 0 Å². The van der Waals surface area contributed by atoms with E-state index >= 15 is 0 Å². The zero-order chi connectivity index (χ0) is 21.5. The summed E-state index contributed by atoms with van der Waals surface area (Å²) in [5, 5.41) is 9.56. The van der Waals surface area contributed by atoms with Gasteiger partial charge in [0.15, 0.2) is 0 Å². The van der Waals surface area contributed by atoms with Crippen LogP contribution in [0.2, 0.25) is 15.1 Å². The first-order chi connectivity index (χ1) is 14.4. The first-order valence-electron chi connectivity index (χ1n) is 9.03. The van der Waals surface area contributed by atoms with E-state index in [4.69, 9.17) is 34.8 Å². The van der Waals surface area contributed by atoms with Crippen LogP contribution in [0.5, 0.6) is 0 Å². The third-order valence-electron chi connectivity index (χ3n) is 4.18. The van der Waals surface area contributed by atoms with Gasteiger partial charge in [-0.2, -0.15) is 0 Å². The minimum absolute atomic E-state index is 0.0169. The summed E-state index contributed by atoms with van der Waals surface area (Å²) in [6.45, 7) is 0.429. The number of amides is 2. The topological polar surface area (TPSA) is 70.2 Å². The van der Waals surface area contributed by atoms with Crippen molar-refractivity contribution in [1.29, 1.82) is 0 Å². The van der Waals surface area contributed by atoms with Crippen LogP contribution < -0.4 is 16.0 Å². The van der Waals surface area contributed by atoms with Crippen molar-refractivity contribution in [2.45, 2.75) is 6.54 Å². The lowest BCUT2D eigenvalue weighted by Crippen LogP contribution is -2.23. The van der Waals surface area contributed by atoms with Gasteiger partial charge in [-0.15, -0.1) is 0 Å². The van der Waals surface area contributed by atoms with Gasteiger partial charge in [-0.25, -0.2) is 0 Å². The molecule has 3 aromatic carbocycles. The number of anilines is 2. The molecule has 0 bridgehead atoms. The van der Waals surface area contributed by atoms with E-state index in [-0.39, 0.29) is 18.4 Å². The number of hydrogen-bond acceptors (Lipinski definition) is 3. The lowest BCUT2D eigenvalue weighted by Gasteiger charge is -2.11. The van der Waals surface area contributed by atoms with Gasteiger partial charge in [0.2, 0.25) is 5.91 Å². The molecule has 3 aromatic rings. The zero-order valence-electron chi connectivity index (χ0n) is 15.7. The normalized spacial score (nSPS) is 10.4. The molecule has 0 saturated carbocycles. The van der Waals surface area contributed by atoms with Crippen LogP contribution in [0.3, 0.4) is 0 Å². The minimum atomic E-state index is -0.279. The molecule has 0 aliphatic heterocycles. The van der Waals surface area contributed by atoms with Crippen molar-refractivity contribution < 1.29 is 9.59 Å². The largest absolute Gasteiger partial charge is 0.375 e. The van der Waals surface area contributed by atoms with Crippen molar-refractivity contribution in [3.05, 3.63) is 92.9 Å². The molecule has 0 unspecified atom stereocenters. The molecule has 0 heterocycles. The second-order valence-electron chi connectivity index (χ2n) is 6.39. The minimum Gasteiger partial charge on any atom is -0.375 e. The SMILES string of the molecule is O=C(CNc1cc(Cl)c(Cl)cc1Cl)Nc1ccc(C(=O)NCc2ccccc2)cc1. The van der Waals surface area contributed by atoms with Crippen molar-refractivity contribution in [1.82, 2.24) is 5.32 Å². The van der Waals surface area contributed by atoms with E-state index in [0.717, 1.165) is 5.56 Å². The lowest BCUT2D eigenvalue weighted by molar-refractivity contribution is -0.114. The zero-order valence-corrected chi connectivity index (χ0v) is 18.0. The number of carbonyl (C=O) groups excluding carboxylic acids is 2. The Morgan fingerprint density at radius 3 is 2.17 bits per heavy atom. The van der Waals surface area contributed by atoms with Gasteiger partial charge in [0, 0.05) is 17.8 Å². The van der Waals surface area contributed by atoms with Gasteiger partial charge in [0.1, 0.15) is 0 Å². The maximum Gasteiger partial charge on any atom is 0.251 e. The summed E-state index contributed by atoms with van der Waals surface area (Å²) in [5.41, 5.74) is 2.60. The molecular formula is C22H18Cl3N3O2. The summed E-state index contributed by atoms with van der Waals surface area (Å²) in [6.07, 6.45) is 0. The van der Waals surface area contributed by atoms with Crippen LogP contribution in [0.25, 0.3) is 0 Å². The van der Waals surface area contributed by atoms with E-state index in [1.54, 1.807) is 30.3 Å². The Morgan fingerprint density at radius 1 is 0.800 bits per heavy atom. The Hall–Kier alpha value is -2.73. The van der Waals surface area contributed by atoms with E-state index in [9.17, 15) is 9.59 Å². The van der Waals surface area contributed by atoms with Gasteiger partial charge in [-0.05, 0) is 42.0 Å². The van der Waals surface area contributed by atoms with Crippen LogP contribution in [-0.4, -0.2) is 18.4 Å². The second kappa shape index (κ2) is 10.3. The average molecular weight is 463 g/mol. The molecule has 0 aliphatic carbocycles. The highest BCUT2D eigenvalue weighted by atomic mass is 35.5. The van der Waals surface area contributed by atoms with E-state index in [1.165, 1.54) is 6.07 Å². The van der Waals surface area contributed by atoms with E-state index in [1.807, 2.05) is 30.3 Å². The summed E-state index contributed by atoms with van der Waals surface area (Å²) in [7, 11) is 0. The number of nitrogens with one attached hydrogen (secondary N) is 3. The molecule has 0 fully saturated rings. The Balaban J connectivity index is 1.50. The Kier molecular flexibility index (Phi) is 7.57. The van der Waals surface area contributed by atoms with Crippen molar-refractivity contribution in [3.8, 4) is 0 Å². The van der Waals surface area contributed by atoms with Crippen LogP contribution in [-0.2, 0) is 11.3 Å². The Morgan fingerprint density at radius 2 is 1.47 bits per heavy atom. The molecule has 0 atom stereocenters. The highest BCUT2D eigenvalue weighted by Crippen LogP contribution is 2.32. The average Bonchev–Trinajstić information content (AvgIpc) is 2.75. The summed E-state index contributed by atoms with van der Waals surface area (Å²) < 4.78 is 0. The lowest BCUT2D eigenvalue weighted by atomic mass is 10.1. The number of rotatable bonds is 7. The van der Waals surface area contributed by atoms with E-state index in [2.05, 4.69) is 16.0 Å². The van der Waals surface area contributed by atoms with Gasteiger partial charge in [0.25, 0.3) is 5.91 Å². The quantitative estimate of drug-likeness (QED) is 0.399. The highest BCUT2D eigenvalue weighted by molar-refractivity contribution is 6.44. The van der Waals surface area contributed by atoms with Gasteiger partial charge in [-0.1, -0.05) is 65.1 Å².